The predicted molar refractivity (Wildman–Crippen MR) is 90.2 cm³/mol. The number of esters is 1. The molecule has 1 unspecified atom stereocenters. The number of carbonyl (C=O) groups excluding carboxylic acids is 2. The zero-order valence-electron chi connectivity index (χ0n) is 14.8. The summed E-state index contributed by atoms with van der Waals surface area (Å²) in [4.78, 5) is 26.2. The molecule has 126 valence electrons. The molecular weight excluding hydrogens is 290 g/mol. The van der Waals surface area contributed by atoms with Crippen molar-refractivity contribution in [3.63, 3.8) is 0 Å². The van der Waals surface area contributed by atoms with Gasteiger partial charge in [0.15, 0.2) is 0 Å². The lowest BCUT2D eigenvalue weighted by Crippen LogP contribution is -2.32. The van der Waals surface area contributed by atoms with Crippen LogP contribution in [0.25, 0.3) is 0 Å². The van der Waals surface area contributed by atoms with Crippen molar-refractivity contribution in [2.45, 2.75) is 46.1 Å². The first kappa shape index (κ1) is 17.5. The molecule has 0 radical (unpaired) electrons. The molecule has 0 aromatic heterocycles. The molecule has 0 saturated carbocycles. The van der Waals surface area contributed by atoms with Crippen molar-refractivity contribution < 1.29 is 14.3 Å². The Morgan fingerprint density at radius 1 is 1.30 bits per heavy atom. The van der Waals surface area contributed by atoms with Crippen molar-refractivity contribution in [1.82, 2.24) is 4.90 Å². The number of rotatable bonds is 5. The standard InChI is InChI=1S/C19H27NO3/c1-12(2)13(3)10-18(21)20(4)17-9-8-14-6-7-15(11-16(14)17)19(22)23-5/h6-7,11-13,17H,8-10H2,1-5H3/t13?,17-/m1/s1. The van der Waals surface area contributed by atoms with Crippen molar-refractivity contribution in [2.24, 2.45) is 11.8 Å². The second-order valence-corrected chi connectivity index (χ2v) is 6.89. The van der Waals surface area contributed by atoms with Gasteiger partial charge in [-0.25, -0.2) is 4.79 Å². The van der Waals surface area contributed by atoms with Crippen LogP contribution in [0.4, 0.5) is 0 Å². The van der Waals surface area contributed by atoms with Crippen LogP contribution in [0.2, 0.25) is 0 Å². The third-order valence-electron chi connectivity index (χ3n) is 5.11. The SMILES string of the molecule is COC(=O)c1ccc2c(c1)[C@H](N(C)C(=O)CC(C)C(C)C)CC2. The first-order valence-electron chi connectivity index (χ1n) is 8.32. The second kappa shape index (κ2) is 7.16. The Morgan fingerprint density at radius 2 is 2.00 bits per heavy atom. The van der Waals surface area contributed by atoms with E-state index in [1.807, 2.05) is 24.1 Å². The van der Waals surface area contributed by atoms with Gasteiger partial charge in [0.05, 0.1) is 18.7 Å². The largest absolute Gasteiger partial charge is 0.465 e. The minimum Gasteiger partial charge on any atom is -0.465 e. The summed E-state index contributed by atoms with van der Waals surface area (Å²) in [6.45, 7) is 6.41. The fourth-order valence-corrected chi connectivity index (χ4v) is 3.06. The van der Waals surface area contributed by atoms with Gasteiger partial charge in [-0.1, -0.05) is 26.8 Å². The highest BCUT2D eigenvalue weighted by molar-refractivity contribution is 5.89. The minimum absolute atomic E-state index is 0.0569. The van der Waals surface area contributed by atoms with E-state index in [9.17, 15) is 9.59 Å². The molecule has 1 aromatic rings. The van der Waals surface area contributed by atoms with Gasteiger partial charge in [0.1, 0.15) is 0 Å². The zero-order valence-corrected chi connectivity index (χ0v) is 14.8. The molecule has 1 aliphatic carbocycles. The molecule has 2 atom stereocenters. The summed E-state index contributed by atoms with van der Waals surface area (Å²) in [6.07, 6.45) is 2.42. The molecule has 4 heteroatoms. The zero-order chi connectivity index (χ0) is 17.1. The maximum Gasteiger partial charge on any atom is 0.337 e. The van der Waals surface area contributed by atoms with E-state index in [1.165, 1.54) is 12.7 Å². The van der Waals surface area contributed by atoms with E-state index in [0.717, 1.165) is 18.4 Å². The van der Waals surface area contributed by atoms with Gasteiger partial charge in [-0.05, 0) is 47.9 Å². The Balaban J connectivity index is 2.17. The monoisotopic (exact) mass is 317 g/mol. The molecule has 0 N–H and O–H groups in total. The smallest absolute Gasteiger partial charge is 0.337 e. The highest BCUT2D eigenvalue weighted by atomic mass is 16.5. The highest BCUT2D eigenvalue weighted by Crippen LogP contribution is 2.36. The number of carbonyl (C=O) groups is 2. The Bertz CT molecular complexity index is 594. The second-order valence-electron chi connectivity index (χ2n) is 6.89. The topological polar surface area (TPSA) is 46.6 Å². The van der Waals surface area contributed by atoms with Crippen molar-refractivity contribution >= 4 is 11.9 Å². The van der Waals surface area contributed by atoms with Crippen LogP contribution in [0.3, 0.4) is 0 Å². The number of hydrogen-bond acceptors (Lipinski definition) is 3. The highest BCUT2D eigenvalue weighted by Gasteiger charge is 2.30. The van der Waals surface area contributed by atoms with Gasteiger partial charge in [0, 0.05) is 13.5 Å². The lowest BCUT2D eigenvalue weighted by atomic mass is 9.93. The predicted octanol–water partition coefficient (Wildman–Crippen LogP) is 3.60. The van der Waals surface area contributed by atoms with Gasteiger partial charge < -0.3 is 9.64 Å². The summed E-state index contributed by atoms with van der Waals surface area (Å²) in [5, 5.41) is 0. The third kappa shape index (κ3) is 3.74. The normalized spacial score (nSPS) is 17.7. The van der Waals surface area contributed by atoms with E-state index in [1.54, 1.807) is 6.07 Å². The minimum atomic E-state index is -0.333. The number of hydrogen-bond donors (Lipinski definition) is 0. The Morgan fingerprint density at radius 3 is 2.61 bits per heavy atom. The van der Waals surface area contributed by atoms with Gasteiger partial charge in [0.2, 0.25) is 5.91 Å². The molecule has 1 amide bonds. The number of amides is 1. The summed E-state index contributed by atoms with van der Waals surface area (Å²) in [5.74, 6) is 0.703. The molecule has 2 rings (SSSR count). The number of benzene rings is 1. The van der Waals surface area contributed by atoms with Crippen molar-refractivity contribution in [3.05, 3.63) is 34.9 Å². The molecule has 1 aliphatic rings. The first-order chi connectivity index (χ1) is 10.8. The number of aryl methyl sites for hydroxylation is 1. The summed E-state index contributed by atoms with van der Waals surface area (Å²) in [5.41, 5.74) is 2.86. The van der Waals surface area contributed by atoms with Crippen LogP contribution in [-0.4, -0.2) is 30.9 Å². The van der Waals surface area contributed by atoms with Crippen LogP contribution in [0.5, 0.6) is 0 Å². The number of nitrogens with zero attached hydrogens (tertiary/aromatic N) is 1. The lowest BCUT2D eigenvalue weighted by molar-refractivity contribution is -0.133. The number of ether oxygens (including phenoxy) is 1. The molecular formula is C19H27NO3. The van der Waals surface area contributed by atoms with Gasteiger partial charge in [-0.15, -0.1) is 0 Å². The van der Waals surface area contributed by atoms with Gasteiger partial charge in [-0.3, -0.25) is 4.79 Å². The van der Waals surface area contributed by atoms with Crippen LogP contribution in [0, 0.1) is 11.8 Å². The summed E-state index contributed by atoms with van der Waals surface area (Å²) < 4.78 is 4.80. The maximum atomic E-state index is 12.6. The average molecular weight is 317 g/mol. The van der Waals surface area contributed by atoms with Crippen molar-refractivity contribution in [3.8, 4) is 0 Å². The molecule has 0 aliphatic heterocycles. The fourth-order valence-electron chi connectivity index (χ4n) is 3.06. The van der Waals surface area contributed by atoms with Gasteiger partial charge in [0.25, 0.3) is 0 Å². The molecule has 1 aromatic carbocycles. The van der Waals surface area contributed by atoms with E-state index in [-0.39, 0.29) is 17.9 Å². The van der Waals surface area contributed by atoms with Gasteiger partial charge >= 0.3 is 5.97 Å². The Labute approximate surface area is 138 Å². The molecule has 0 fully saturated rings. The van der Waals surface area contributed by atoms with E-state index < -0.39 is 0 Å². The molecule has 0 saturated heterocycles. The Kier molecular flexibility index (Phi) is 5.45. The van der Waals surface area contributed by atoms with Crippen LogP contribution in [-0.2, 0) is 16.0 Å². The third-order valence-corrected chi connectivity index (χ3v) is 5.11. The molecule has 4 nitrogen and oxygen atoms in total. The fraction of sp³-hybridized carbons (Fsp3) is 0.579. The lowest BCUT2D eigenvalue weighted by Gasteiger charge is -2.27. The van der Waals surface area contributed by atoms with E-state index in [4.69, 9.17) is 4.74 Å². The quantitative estimate of drug-likeness (QED) is 0.780. The van der Waals surface area contributed by atoms with Crippen LogP contribution < -0.4 is 0 Å². The summed E-state index contributed by atoms with van der Waals surface area (Å²) >= 11 is 0. The van der Waals surface area contributed by atoms with E-state index in [0.29, 0.717) is 23.8 Å². The summed E-state index contributed by atoms with van der Waals surface area (Å²) in [6, 6.07) is 5.72. The van der Waals surface area contributed by atoms with Crippen molar-refractivity contribution in [1.29, 1.82) is 0 Å². The van der Waals surface area contributed by atoms with Crippen LogP contribution in [0.1, 0.15) is 61.1 Å². The average Bonchev–Trinajstić information content (AvgIpc) is 2.95. The van der Waals surface area contributed by atoms with E-state index >= 15 is 0 Å². The number of methoxy groups -OCH3 is 1. The maximum absolute atomic E-state index is 12.6. The molecule has 0 spiro atoms. The first-order valence-corrected chi connectivity index (χ1v) is 8.32. The molecule has 23 heavy (non-hydrogen) atoms. The van der Waals surface area contributed by atoms with Gasteiger partial charge in [-0.2, -0.15) is 0 Å². The Hall–Kier alpha value is -1.84. The van der Waals surface area contributed by atoms with E-state index in [2.05, 4.69) is 20.8 Å². The molecule has 0 bridgehead atoms. The van der Waals surface area contributed by atoms with Crippen LogP contribution >= 0.6 is 0 Å². The number of fused-ring (bicyclic) bond motifs is 1. The van der Waals surface area contributed by atoms with Crippen molar-refractivity contribution in [2.75, 3.05) is 14.2 Å². The summed E-state index contributed by atoms with van der Waals surface area (Å²) in [7, 11) is 3.26. The van der Waals surface area contributed by atoms with Crippen LogP contribution in [0.15, 0.2) is 18.2 Å². The molecule has 0 heterocycles.